The molecule has 2 aromatic carbocycles. The molecule has 1 aliphatic rings. The van der Waals surface area contributed by atoms with Crippen LogP contribution in [0, 0.1) is 0 Å². The van der Waals surface area contributed by atoms with Crippen molar-refractivity contribution in [2.24, 2.45) is 5.73 Å². The summed E-state index contributed by atoms with van der Waals surface area (Å²) in [7, 11) is 0. The molecule has 0 aromatic heterocycles. The van der Waals surface area contributed by atoms with E-state index in [9.17, 15) is 4.79 Å². The molecule has 27 heavy (non-hydrogen) atoms. The van der Waals surface area contributed by atoms with Crippen molar-refractivity contribution in [2.45, 2.75) is 37.8 Å². The minimum Gasteiger partial charge on any atom is -0.489 e. The van der Waals surface area contributed by atoms with Crippen LogP contribution < -0.4 is 15.8 Å². The smallest absolute Gasteiger partial charge is 0.220 e. The van der Waals surface area contributed by atoms with E-state index in [0.29, 0.717) is 39.2 Å². The highest BCUT2D eigenvalue weighted by Gasteiger charge is 2.35. The van der Waals surface area contributed by atoms with Crippen molar-refractivity contribution in [3.63, 3.8) is 0 Å². The van der Waals surface area contributed by atoms with Crippen LogP contribution in [0.1, 0.15) is 36.8 Å². The quantitative estimate of drug-likeness (QED) is 0.751. The lowest BCUT2D eigenvalue weighted by atomic mass is 9.82. The van der Waals surface area contributed by atoms with Crippen LogP contribution in [-0.4, -0.2) is 25.7 Å². The number of hydrogen-bond donors (Lipinski definition) is 2. The van der Waals surface area contributed by atoms with Crippen molar-refractivity contribution < 1.29 is 14.3 Å². The summed E-state index contributed by atoms with van der Waals surface area (Å²) in [5, 5.41) is 3.25. The zero-order valence-electron chi connectivity index (χ0n) is 15.7. The monoisotopic (exact) mass is 368 g/mol. The summed E-state index contributed by atoms with van der Waals surface area (Å²) >= 11 is 0. The van der Waals surface area contributed by atoms with Gasteiger partial charge in [-0.2, -0.15) is 0 Å². The number of rotatable bonds is 8. The SMILES string of the molecule is NCCCC(=O)NC1(c2ccc(OCc3ccccc3)cc2)CCOCC1. The summed E-state index contributed by atoms with van der Waals surface area (Å²) in [6.45, 7) is 2.35. The third-order valence-corrected chi connectivity index (χ3v) is 4.99. The fraction of sp³-hybridized carbons (Fsp3) is 0.409. The topological polar surface area (TPSA) is 73.6 Å². The molecule has 1 saturated heterocycles. The van der Waals surface area contributed by atoms with Crippen LogP contribution in [0.25, 0.3) is 0 Å². The minimum absolute atomic E-state index is 0.0479. The summed E-state index contributed by atoms with van der Waals surface area (Å²) in [5.74, 6) is 0.867. The molecular formula is C22H28N2O3. The fourth-order valence-electron chi connectivity index (χ4n) is 3.41. The van der Waals surface area contributed by atoms with Crippen LogP contribution in [0.4, 0.5) is 0 Å². The Morgan fingerprint density at radius 1 is 1.07 bits per heavy atom. The number of benzene rings is 2. The largest absolute Gasteiger partial charge is 0.489 e. The van der Waals surface area contributed by atoms with Crippen LogP contribution in [-0.2, 0) is 21.7 Å². The molecule has 5 heteroatoms. The van der Waals surface area contributed by atoms with Crippen LogP contribution in [0.2, 0.25) is 0 Å². The lowest BCUT2D eigenvalue weighted by Gasteiger charge is -2.38. The first kappa shape index (κ1) is 19.4. The van der Waals surface area contributed by atoms with Crippen LogP contribution in [0.3, 0.4) is 0 Å². The second-order valence-corrected chi connectivity index (χ2v) is 6.93. The van der Waals surface area contributed by atoms with E-state index < -0.39 is 0 Å². The van der Waals surface area contributed by atoms with Gasteiger partial charge >= 0.3 is 0 Å². The average molecular weight is 368 g/mol. The van der Waals surface area contributed by atoms with Gasteiger partial charge in [0.25, 0.3) is 0 Å². The van der Waals surface area contributed by atoms with Gasteiger partial charge in [-0.15, -0.1) is 0 Å². The molecule has 3 rings (SSSR count). The number of carbonyl (C=O) groups is 1. The highest BCUT2D eigenvalue weighted by atomic mass is 16.5. The van der Waals surface area contributed by atoms with E-state index in [0.717, 1.165) is 29.7 Å². The molecule has 1 amide bonds. The summed E-state index contributed by atoms with van der Waals surface area (Å²) in [6, 6.07) is 18.1. The summed E-state index contributed by atoms with van der Waals surface area (Å²) < 4.78 is 11.4. The van der Waals surface area contributed by atoms with E-state index in [-0.39, 0.29) is 11.4 Å². The molecule has 0 radical (unpaired) electrons. The predicted molar refractivity (Wildman–Crippen MR) is 105 cm³/mol. The maximum absolute atomic E-state index is 12.3. The van der Waals surface area contributed by atoms with Crippen molar-refractivity contribution in [3.8, 4) is 5.75 Å². The second-order valence-electron chi connectivity index (χ2n) is 6.93. The first-order chi connectivity index (χ1) is 13.2. The van der Waals surface area contributed by atoms with Gasteiger partial charge in [0.15, 0.2) is 0 Å². The highest BCUT2D eigenvalue weighted by molar-refractivity contribution is 5.77. The molecule has 0 bridgehead atoms. The molecule has 1 aliphatic heterocycles. The maximum Gasteiger partial charge on any atom is 0.220 e. The van der Waals surface area contributed by atoms with Gasteiger partial charge < -0.3 is 20.5 Å². The Labute approximate surface area is 160 Å². The Balaban J connectivity index is 1.68. The van der Waals surface area contributed by atoms with Crippen LogP contribution >= 0.6 is 0 Å². The third-order valence-electron chi connectivity index (χ3n) is 4.99. The molecule has 5 nitrogen and oxygen atoms in total. The maximum atomic E-state index is 12.3. The molecule has 0 saturated carbocycles. The molecule has 0 aliphatic carbocycles. The number of carbonyl (C=O) groups excluding carboxylic acids is 1. The molecule has 144 valence electrons. The van der Waals surface area contributed by atoms with Gasteiger partial charge in [-0.25, -0.2) is 0 Å². The molecule has 1 fully saturated rings. The van der Waals surface area contributed by atoms with E-state index in [1.165, 1.54) is 0 Å². The molecule has 0 spiro atoms. The Bertz CT molecular complexity index is 710. The van der Waals surface area contributed by atoms with Crippen LogP contribution in [0.15, 0.2) is 54.6 Å². The van der Waals surface area contributed by atoms with Crippen molar-refractivity contribution in [1.82, 2.24) is 5.32 Å². The Morgan fingerprint density at radius 3 is 2.44 bits per heavy atom. The Hall–Kier alpha value is -2.37. The molecular weight excluding hydrogens is 340 g/mol. The van der Waals surface area contributed by atoms with Crippen molar-refractivity contribution in [3.05, 3.63) is 65.7 Å². The van der Waals surface area contributed by atoms with Gasteiger partial charge in [-0.1, -0.05) is 42.5 Å². The molecule has 0 unspecified atom stereocenters. The number of nitrogens with two attached hydrogens (primary N) is 1. The van der Waals surface area contributed by atoms with E-state index in [1.807, 2.05) is 42.5 Å². The van der Waals surface area contributed by atoms with Crippen LogP contribution in [0.5, 0.6) is 5.75 Å². The zero-order chi connectivity index (χ0) is 19.0. The number of hydrogen-bond acceptors (Lipinski definition) is 4. The van der Waals surface area contributed by atoms with Gasteiger partial charge in [-0.3, -0.25) is 4.79 Å². The first-order valence-corrected chi connectivity index (χ1v) is 9.58. The van der Waals surface area contributed by atoms with Crippen molar-refractivity contribution in [1.29, 1.82) is 0 Å². The van der Waals surface area contributed by atoms with Gasteiger partial charge in [0.1, 0.15) is 12.4 Å². The molecule has 0 atom stereocenters. The summed E-state index contributed by atoms with van der Waals surface area (Å²) in [5.41, 5.74) is 7.38. The molecule has 2 aromatic rings. The predicted octanol–water partition coefficient (Wildman–Crippen LogP) is 3.13. The van der Waals surface area contributed by atoms with E-state index >= 15 is 0 Å². The zero-order valence-corrected chi connectivity index (χ0v) is 15.7. The lowest BCUT2D eigenvalue weighted by Crippen LogP contribution is -2.49. The third kappa shape index (κ3) is 5.31. The fourth-order valence-corrected chi connectivity index (χ4v) is 3.41. The Morgan fingerprint density at radius 2 is 1.78 bits per heavy atom. The highest BCUT2D eigenvalue weighted by Crippen LogP contribution is 2.33. The minimum atomic E-state index is -0.373. The normalized spacial score (nSPS) is 15.9. The van der Waals surface area contributed by atoms with E-state index in [1.54, 1.807) is 0 Å². The van der Waals surface area contributed by atoms with Crippen molar-refractivity contribution >= 4 is 5.91 Å². The van der Waals surface area contributed by atoms with E-state index in [4.69, 9.17) is 15.2 Å². The lowest BCUT2D eigenvalue weighted by molar-refractivity contribution is -0.124. The summed E-state index contributed by atoms with van der Waals surface area (Å²) in [6.07, 6.45) is 2.69. The summed E-state index contributed by atoms with van der Waals surface area (Å²) in [4.78, 5) is 12.3. The molecule has 3 N–H and O–H groups in total. The van der Waals surface area contributed by atoms with E-state index in [2.05, 4.69) is 17.4 Å². The van der Waals surface area contributed by atoms with Crippen molar-refractivity contribution in [2.75, 3.05) is 19.8 Å². The number of nitrogens with one attached hydrogen (secondary N) is 1. The standard InChI is InChI=1S/C22H28N2O3/c23-14-4-7-21(25)24-22(12-15-26-16-13-22)19-8-10-20(11-9-19)27-17-18-5-2-1-3-6-18/h1-3,5-6,8-11H,4,7,12-17,23H2,(H,24,25). The second kappa shape index (κ2) is 9.53. The number of ether oxygens (including phenoxy) is 2. The van der Waals surface area contributed by atoms with Gasteiger partial charge in [0.05, 0.1) is 5.54 Å². The van der Waals surface area contributed by atoms with Gasteiger partial charge in [0.2, 0.25) is 5.91 Å². The van der Waals surface area contributed by atoms with Gasteiger partial charge in [-0.05, 0) is 49.1 Å². The molecule has 1 heterocycles. The first-order valence-electron chi connectivity index (χ1n) is 9.58. The number of amides is 1. The van der Waals surface area contributed by atoms with Gasteiger partial charge in [0, 0.05) is 19.6 Å². The average Bonchev–Trinajstić information content (AvgIpc) is 2.72. The Kier molecular flexibility index (Phi) is 6.85.